The molecule has 3 heterocycles. The van der Waals surface area contributed by atoms with Gasteiger partial charge >= 0.3 is 0 Å². The third-order valence-corrected chi connectivity index (χ3v) is 6.53. The predicted octanol–water partition coefficient (Wildman–Crippen LogP) is 1.94. The smallest absolute Gasteiger partial charge is 0.267 e. The van der Waals surface area contributed by atoms with Gasteiger partial charge in [-0.05, 0) is 64.3 Å². The molecule has 2 saturated heterocycles. The first kappa shape index (κ1) is 22.7. The maximum absolute atomic E-state index is 12.7. The molecule has 3 rings (SSSR count). The fourth-order valence-electron chi connectivity index (χ4n) is 4.46. The summed E-state index contributed by atoms with van der Waals surface area (Å²) in [6, 6.07) is 1.67. The Balaban J connectivity index is 1.53. The molecular weight excluding hydrogens is 382 g/mol. The van der Waals surface area contributed by atoms with E-state index in [1.54, 1.807) is 13.0 Å². The van der Waals surface area contributed by atoms with Gasteiger partial charge in [0.2, 0.25) is 0 Å². The Morgan fingerprint density at radius 3 is 2.53 bits per heavy atom. The van der Waals surface area contributed by atoms with Crippen LogP contribution in [0.3, 0.4) is 0 Å². The molecule has 0 radical (unpaired) electrons. The van der Waals surface area contributed by atoms with Crippen LogP contribution in [0.25, 0.3) is 5.70 Å². The van der Waals surface area contributed by atoms with Gasteiger partial charge in [0.15, 0.2) is 0 Å². The molecule has 2 aliphatic heterocycles. The van der Waals surface area contributed by atoms with Gasteiger partial charge < -0.3 is 20.1 Å². The van der Waals surface area contributed by atoms with Gasteiger partial charge in [0.05, 0.1) is 5.60 Å². The number of carbonyl (C=O) groups excluding carboxylic acids is 1. The molecule has 0 aromatic carbocycles. The molecule has 0 saturated carbocycles. The van der Waals surface area contributed by atoms with Crippen LogP contribution in [0.2, 0.25) is 0 Å². The third kappa shape index (κ3) is 5.20. The van der Waals surface area contributed by atoms with Gasteiger partial charge in [-0.1, -0.05) is 6.58 Å². The Morgan fingerprint density at radius 1 is 1.30 bits per heavy atom. The number of pyridine rings is 1. The number of hydrogen-bond donors (Lipinski definition) is 2. The summed E-state index contributed by atoms with van der Waals surface area (Å²) < 4.78 is 6.86. The Kier molecular flexibility index (Phi) is 7.16. The average molecular weight is 418 g/mol. The highest BCUT2D eigenvalue weighted by molar-refractivity contribution is 5.94. The van der Waals surface area contributed by atoms with Crippen LogP contribution < -0.4 is 10.9 Å². The van der Waals surface area contributed by atoms with Gasteiger partial charge in [0.25, 0.3) is 11.5 Å². The lowest BCUT2D eigenvalue weighted by molar-refractivity contribution is -0.0829. The Labute approximate surface area is 178 Å². The van der Waals surface area contributed by atoms with E-state index in [2.05, 4.69) is 16.8 Å². The van der Waals surface area contributed by atoms with E-state index >= 15 is 0 Å². The number of ether oxygens (including phenoxy) is 1. The van der Waals surface area contributed by atoms with Gasteiger partial charge in [-0.2, -0.15) is 0 Å². The fraction of sp³-hybridized carbons (Fsp3) is 0.652. The summed E-state index contributed by atoms with van der Waals surface area (Å²) in [5.41, 5.74) is 1.52. The normalized spacial score (nSPS) is 20.1. The van der Waals surface area contributed by atoms with Crippen molar-refractivity contribution in [2.24, 2.45) is 5.92 Å². The van der Waals surface area contributed by atoms with E-state index in [1.807, 2.05) is 13.8 Å². The van der Waals surface area contributed by atoms with Gasteiger partial charge in [-0.25, -0.2) is 0 Å². The van der Waals surface area contributed by atoms with Crippen LogP contribution in [0.4, 0.5) is 0 Å². The Hall–Kier alpha value is -1.96. The maximum atomic E-state index is 12.7. The summed E-state index contributed by atoms with van der Waals surface area (Å²) in [5.74, 6) is 0.0569. The van der Waals surface area contributed by atoms with Crippen LogP contribution in [0.1, 0.15) is 54.2 Å². The van der Waals surface area contributed by atoms with Crippen molar-refractivity contribution in [3.8, 4) is 0 Å². The summed E-state index contributed by atoms with van der Waals surface area (Å²) in [4.78, 5) is 27.8. The molecule has 30 heavy (non-hydrogen) atoms. The van der Waals surface area contributed by atoms with E-state index in [-0.39, 0.29) is 17.0 Å². The second-order valence-corrected chi connectivity index (χ2v) is 8.97. The van der Waals surface area contributed by atoms with Crippen molar-refractivity contribution in [2.75, 3.05) is 39.4 Å². The number of carbonyl (C=O) groups is 1. The molecule has 2 aliphatic rings. The highest BCUT2D eigenvalue weighted by atomic mass is 16.5. The molecule has 0 aliphatic carbocycles. The average Bonchev–Trinajstić information content (AvgIpc) is 2.70. The first-order valence-electron chi connectivity index (χ1n) is 10.9. The minimum atomic E-state index is -0.633. The van der Waals surface area contributed by atoms with Crippen LogP contribution in [-0.2, 0) is 4.74 Å². The Morgan fingerprint density at radius 2 is 1.93 bits per heavy atom. The molecule has 0 spiro atoms. The number of amides is 1. The largest absolute Gasteiger partial charge is 0.388 e. The van der Waals surface area contributed by atoms with Crippen molar-refractivity contribution in [3.63, 3.8) is 0 Å². The molecule has 7 nitrogen and oxygen atoms in total. The molecule has 1 aromatic heterocycles. The lowest BCUT2D eigenvalue weighted by Gasteiger charge is -2.39. The van der Waals surface area contributed by atoms with Crippen LogP contribution in [0.5, 0.6) is 0 Å². The lowest BCUT2D eigenvalue weighted by atomic mass is 9.91. The molecule has 0 atom stereocenters. The van der Waals surface area contributed by atoms with Crippen molar-refractivity contribution >= 4 is 11.6 Å². The number of β-amino-alcohol motifs (C(OH)–C–C–N with tert-alkyl or cyclic N) is 1. The summed E-state index contributed by atoms with van der Waals surface area (Å²) in [5, 5.41) is 13.7. The topological polar surface area (TPSA) is 83.8 Å². The number of likely N-dealkylation sites (tertiary alicyclic amines) is 1. The van der Waals surface area contributed by atoms with Crippen molar-refractivity contribution in [1.29, 1.82) is 0 Å². The maximum Gasteiger partial charge on any atom is 0.267 e. The summed E-state index contributed by atoms with van der Waals surface area (Å²) in [6.45, 7) is 13.7. The van der Waals surface area contributed by atoms with Crippen molar-refractivity contribution in [2.45, 2.75) is 52.1 Å². The van der Waals surface area contributed by atoms with Crippen molar-refractivity contribution < 1.29 is 14.6 Å². The van der Waals surface area contributed by atoms with E-state index < -0.39 is 5.60 Å². The quantitative estimate of drug-likeness (QED) is 0.739. The van der Waals surface area contributed by atoms with Crippen LogP contribution >= 0.6 is 0 Å². The molecule has 7 heteroatoms. The molecule has 2 N–H and O–H groups in total. The number of hydrogen-bond acceptors (Lipinski definition) is 5. The SMILES string of the molecule is C=C(C)n1c(C)c(C)cc(C(=O)NCC2CCN(CC3(O)CCOCC3)CC2)c1=O. The van der Waals surface area contributed by atoms with Gasteiger partial charge in [0.1, 0.15) is 5.56 Å². The number of nitrogens with zero attached hydrogens (tertiary/aromatic N) is 2. The summed E-state index contributed by atoms with van der Waals surface area (Å²) in [6.07, 6.45) is 3.33. The van der Waals surface area contributed by atoms with E-state index in [4.69, 9.17) is 4.74 Å². The summed E-state index contributed by atoms with van der Waals surface area (Å²) >= 11 is 0. The molecule has 166 valence electrons. The zero-order chi connectivity index (χ0) is 21.9. The molecule has 1 amide bonds. The molecule has 0 unspecified atom stereocenters. The zero-order valence-corrected chi connectivity index (χ0v) is 18.5. The number of rotatable bonds is 6. The van der Waals surface area contributed by atoms with E-state index in [0.717, 1.165) is 37.2 Å². The number of piperidine rings is 1. The zero-order valence-electron chi connectivity index (χ0n) is 18.5. The first-order chi connectivity index (χ1) is 14.2. The second kappa shape index (κ2) is 9.45. The minimum Gasteiger partial charge on any atom is -0.388 e. The Bertz CT molecular complexity index is 847. The van der Waals surface area contributed by atoms with E-state index in [1.165, 1.54) is 4.57 Å². The van der Waals surface area contributed by atoms with Gasteiger partial charge in [-0.3, -0.25) is 14.2 Å². The number of aliphatic hydroxyl groups is 1. The monoisotopic (exact) mass is 417 g/mol. The first-order valence-corrected chi connectivity index (χ1v) is 10.9. The van der Waals surface area contributed by atoms with Crippen LogP contribution in [0.15, 0.2) is 17.4 Å². The number of aromatic nitrogens is 1. The molecule has 1 aromatic rings. The van der Waals surface area contributed by atoms with E-state index in [9.17, 15) is 14.7 Å². The third-order valence-electron chi connectivity index (χ3n) is 6.53. The van der Waals surface area contributed by atoms with Crippen LogP contribution in [-0.4, -0.2) is 65.5 Å². The molecular formula is C23H35N3O4. The number of aryl methyl sites for hydroxylation is 1. The summed E-state index contributed by atoms with van der Waals surface area (Å²) in [7, 11) is 0. The highest BCUT2D eigenvalue weighted by Crippen LogP contribution is 2.25. The van der Waals surface area contributed by atoms with E-state index in [0.29, 0.717) is 50.8 Å². The highest BCUT2D eigenvalue weighted by Gasteiger charge is 2.33. The van der Waals surface area contributed by atoms with Gasteiger partial charge in [-0.15, -0.1) is 0 Å². The standard InChI is InChI=1S/C23H35N3O4/c1-16(2)26-18(4)17(3)13-20(22(26)28)21(27)24-14-19-5-9-25(10-6-19)15-23(29)7-11-30-12-8-23/h13,19,29H,1,5-12,14-15H2,2-4H3,(H,24,27). The van der Waals surface area contributed by atoms with Gasteiger partial charge in [0, 0.05) is 50.5 Å². The predicted molar refractivity (Wildman–Crippen MR) is 118 cm³/mol. The molecule has 2 fully saturated rings. The number of allylic oxidation sites excluding steroid dienone is 1. The number of nitrogens with one attached hydrogen (secondary N) is 1. The molecule has 0 bridgehead atoms. The fourth-order valence-corrected chi connectivity index (χ4v) is 4.46. The van der Waals surface area contributed by atoms with Crippen molar-refractivity contribution in [3.05, 3.63) is 39.8 Å². The lowest BCUT2D eigenvalue weighted by Crippen LogP contribution is -2.49. The second-order valence-electron chi connectivity index (χ2n) is 8.97. The van der Waals surface area contributed by atoms with Crippen molar-refractivity contribution in [1.82, 2.24) is 14.8 Å². The minimum absolute atomic E-state index is 0.167. The van der Waals surface area contributed by atoms with Crippen LogP contribution in [0, 0.1) is 19.8 Å².